The lowest BCUT2D eigenvalue weighted by atomic mass is 10.2. The molecule has 0 aliphatic carbocycles. The van der Waals surface area contributed by atoms with Gasteiger partial charge in [0.1, 0.15) is 5.75 Å². The summed E-state index contributed by atoms with van der Waals surface area (Å²) in [6, 6.07) is 18.1. The Labute approximate surface area is 158 Å². The third kappa shape index (κ3) is 5.17. The number of hydrazone groups is 1. The van der Waals surface area contributed by atoms with Crippen LogP contribution < -0.4 is 10.2 Å². The molecule has 0 amide bonds. The van der Waals surface area contributed by atoms with Gasteiger partial charge in [0.25, 0.3) is 0 Å². The van der Waals surface area contributed by atoms with Crippen molar-refractivity contribution in [1.29, 1.82) is 0 Å². The number of nitrogens with zero attached hydrogens (tertiary/aromatic N) is 2. The molecule has 0 bridgehead atoms. The SMILES string of the molecule is CCCCCOc1ccccc1C=NNc1nc(-c2ccccc2)cs1. The highest BCUT2D eigenvalue weighted by atomic mass is 32.1. The third-order valence-electron chi connectivity index (χ3n) is 3.86. The first-order chi connectivity index (χ1) is 12.9. The molecule has 0 aliphatic rings. The molecule has 26 heavy (non-hydrogen) atoms. The molecule has 2 aromatic carbocycles. The molecule has 5 heteroatoms. The van der Waals surface area contributed by atoms with Crippen molar-refractivity contribution in [3.05, 3.63) is 65.5 Å². The molecule has 1 heterocycles. The maximum absolute atomic E-state index is 5.87. The number of hydrogen-bond acceptors (Lipinski definition) is 5. The minimum absolute atomic E-state index is 0.735. The van der Waals surface area contributed by atoms with Crippen molar-refractivity contribution in [2.75, 3.05) is 12.0 Å². The number of anilines is 1. The Kier molecular flexibility index (Phi) is 6.79. The Morgan fingerprint density at radius 3 is 2.73 bits per heavy atom. The van der Waals surface area contributed by atoms with Crippen molar-refractivity contribution < 1.29 is 4.74 Å². The molecule has 0 radical (unpaired) electrons. The molecule has 0 atom stereocenters. The van der Waals surface area contributed by atoms with E-state index in [1.165, 1.54) is 24.2 Å². The van der Waals surface area contributed by atoms with Crippen molar-refractivity contribution in [2.45, 2.75) is 26.2 Å². The second-order valence-corrected chi connectivity index (χ2v) is 6.73. The topological polar surface area (TPSA) is 46.5 Å². The number of unbranched alkanes of at least 4 members (excludes halogenated alkanes) is 2. The summed E-state index contributed by atoms with van der Waals surface area (Å²) in [6.45, 7) is 2.92. The fourth-order valence-electron chi connectivity index (χ4n) is 2.48. The molecule has 134 valence electrons. The maximum atomic E-state index is 5.87. The molecule has 4 nitrogen and oxygen atoms in total. The Morgan fingerprint density at radius 1 is 1.08 bits per heavy atom. The first-order valence-electron chi connectivity index (χ1n) is 8.88. The summed E-state index contributed by atoms with van der Waals surface area (Å²) in [6.07, 6.45) is 5.22. The van der Waals surface area contributed by atoms with E-state index in [1.54, 1.807) is 6.21 Å². The van der Waals surface area contributed by atoms with E-state index in [0.717, 1.165) is 40.7 Å². The van der Waals surface area contributed by atoms with Crippen molar-refractivity contribution >= 4 is 22.7 Å². The highest BCUT2D eigenvalue weighted by Crippen LogP contribution is 2.24. The summed E-state index contributed by atoms with van der Waals surface area (Å²) in [5.41, 5.74) is 6.02. The van der Waals surface area contributed by atoms with Crippen LogP contribution in [0.3, 0.4) is 0 Å². The van der Waals surface area contributed by atoms with E-state index >= 15 is 0 Å². The first kappa shape index (κ1) is 18.1. The van der Waals surface area contributed by atoms with E-state index < -0.39 is 0 Å². The molecular weight excluding hydrogens is 342 g/mol. The number of hydrogen-bond donors (Lipinski definition) is 1. The molecule has 1 aromatic heterocycles. The monoisotopic (exact) mass is 365 g/mol. The number of para-hydroxylation sites is 1. The molecule has 0 fully saturated rings. The van der Waals surface area contributed by atoms with Gasteiger partial charge in [-0.15, -0.1) is 11.3 Å². The smallest absolute Gasteiger partial charge is 0.203 e. The van der Waals surface area contributed by atoms with Crippen LogP contribution in [-0.2, 0) is 0 Å². The van der Waals surface area contributed by atoms with Gasteiger partial charge >= 0.3 is 0 Å². The van der Waals surface area contributed by atoms with Gasteiger partial charge in [-0.1, -0.05) is 62.2 Å². The molecule has 1 N–H and O–H groups in total. The molecular formula is C21H23N3OS. The van der Waals surface area contributed by atoms with Gasteiger partial charge in [-0.05, 0) is 18.6 Å². The average molecular weight is 366 g/mol. The van der Waals surface area contributed by atoms with Gasteiger partial charge in [-0.25, -0.2) is 4.98 Å². The quantitative estimate of drug-likeness (QED) is 0.295. The Balaban J connectivity index is 1.60. The second-order valence-electron chi connectivity index (χ2n) is 5.87. The lowest BCUT2D eigenvalue weighted by Crippen LogP contribution is -2.00. The summed E-state index contributed by atoms with van der Waals surface area (Å²) >= 11 is 1.54. The summed E-state index contributed by atoms with van der Waals surface area (Å²) in [7, 11) is 0. The summed E-state index contributed by atoms with van der Waals surface area (Å²) in [5.74, 6) is 0.860. The Hall–Kier alpha value is -2.66. The zero-order valence-electron chi connectivity index (χ0n) is 14.9. The van der Waals surface area contributed by atoms with Crippen LogP contribution in [0.5, 0.6) is 5.75 Å². The largest absolute Gasteiger partial charge is 0.493 e. The molecule has 0 aliphatic heterocycles. The summed E-state index contributed by atoms with van der Waals surface area (Å²) < 4.78 is 5.87. The van der Waals surface area contributed by atoms with Gasteiger partial charge in [-0.3, -0.25) is 5.43 Å². The van der Waals surface area contributed by atoms with Crippen molar-refractivity contribution in [3.8, 4) is 17.0 Å². The van der Waals surface area contributed by atoms with E-state index in [9.17, 15) is 0 Å². The van der Waals surface area contributed by atoms with Crippen LogP contribution >= 0.6 is 11.3 Å². The van der Waals surface area contributed by atoms with Gasteiger partial charge < -0.3 is 4.74 Å². The number of rotatable bonds is 9. The number of benzene rings is 2. The van der Waals surface area contributed by atoms with Gasteiger partial charge in [0.15, 0.2) is 0 Å². The molecule has 3 aromatic rings. The highest BCUT2D eigenvalue weighted by Gasteiger charge is 2.03. The van der Waals surface area contributed by atoms with Gasteiger partial charge in [0.2, 0.25) is 5.13 Å². The summed E-state index contributed by atoms with van der Waals surface area (Å²) in [5, 5.41) is 7.11. The predicted molar refractivity (Wildman–Crippen MR) is 110 cm³/mol. The Bertz CT molecular complexity index is 830. The lowest BCUT2D eigenvalue weighted by molar-refractivity contribution is 0.306. The number of aromatic nitrogens is 1. The van der Waals surface area contributed by atoms with E-state index in [0.29, 0.717) is 0 Å². The van der Waals surface area contributed by atoms with Crippen LogP contribution in [0.15, 0.2) is 65.1 Å². The van der Waals surface area contributed by atoms with Crippen LogP contribution in [0.25, 0.3) is 11.3 Å². The summed E-state index contributed by atoms with van der Waals surface area (Å²) in [4.78, 5) is 4.57. The predicted octanol–water partition coefficient (Wildman–Crippen LogP) is 5.83. The first-order valence-corrected chi connectivity index (χ1v) is 9.76. The van der Waals surface area contributed by atoms with E-state index in [4.69, 9.17) is 4.74 Å². The zero-order valence-corrected chi connectivity index (χ0v) is 15.7. The normalized spacial score (nSPS) is 11.0. The van der Waals surface area contributed by atoms with Gasteiger partial charge in [0.05, 0.1) is 18.5 Å². The van der Waals surface area contributed by atoms with Crippen LogP contribution in [0.1, 0.15) is 31.7 Å². The van der Waals surface area contributed by atoms with Crippen molar-refractivity contribution in [3.63, 3.8) is 0 Å². The third-order valence-corrected chi connectivity index (χ3v) is 4.61. The zero-order chi connectivity index (χ0) is 18.0. The molecule has 3 rings (SSSR count). The lowest BCUT2D eigenvalue weighted by Gasteiger charge is -2.08. The number of nitrogens with one attached hydrogen (secondary N) is 1. The molecule has 0 saturated carbocycles. The van der Waals surface area contributed by atoms with Crippen LogP contribution in [-0.4, -0.2) is 17.8 Å². The minimum atomic E-state index is 0.735. The fraction of sp³-hybridized carbons (Fsp3) is 0.238. The second kappa shape index (κ2) is 9.73. The maximum Gasteiger partial charge on any atom is 0.203 e. The van der Waals surface area contributed by atoms with Crippen LogP contribution in [0.2, 0.25) is 0 Å². The van der Waals surface area contributed by atoms with Crippen LogP contribution in [0.4, 0.5) is 5.13 Å². The van der Waals surface area contributed by atoms with Crippen molar-refractivity contribution in [2.24, 2.45) is 5.10 Å². The molecule has 0 spiro atoms. The standard InChI is InChI=1S/C21H23N3OS/c1-2-3-9-14-25-20-13-8-7-12-18(20)15-22-24-21-23-19(16-26-21)17-10-5-4-6-11-17/h4-8,10-13,15-16H,2-3,9,14H2,1H3,(H,23,24). The highest BCUT2D eigenvalue weighted by molar-refractivity contribution is 7.14. The van der Waals surface area contributed by atoms with E-state index in [1.807, 2.05) is 60.0 Å². The number of ether oxygens (including phenoxy) is 1. The Morgan fingerprint density at radius 2 is 1.88 bits per heavy atom. The fourth-order valence-corrected chi connectivity index (χ4v) is 3.14. The van der Waals surface area contributed by atoms with Gasteiger partial charge in [-0.2, -0.15) is 5.10 Å². The molecule has 0 saturated heterocycles. The van der Waals surface area contributed by atoms with E-state index in [2.05, 4.69) is 22.4 Å². The molecule has 0 unspecified atom stereocenters. The van der Waals surface area contributed by atoms with Crippen LogP contribution in [0, 0.1) is 0 Å². The average Bonchev–Trinajstić information content (AvgIpc) is 3.16. The number of thiazole rings is 1. The minimum Gasteiger partial charge on any atom is -0.493 e. The van der Waals surface area contributed by atoms with Crippen molar-refractivity contribution in [1.82, 2.24) is 4.98 Å². The van der Waals surface area contributed by atoms with E-state index in [-0.39, 0.29) is 0 Å². The van der Waals surface area contributed by atoms with Gasteiger partial charge in [0, 0.05) is 16.5 Å².